The number of amides is 1. The Morgan fingerprint density at radius 1 is 0.535 bits per heavy atom. The first-order chi connectivity index (χ1) is 34.7. The van der Waals surface area contributed by atoms with E-state index in [1.807, 2.05) is 6.08 Å². The second-order valence-corrected chi connectivity index (χ2v) is 21.5. The van der Waals surface area contributed by atoms with Crippen molar-refractivity contribution in [2.75, 3.05) is 13.2 Å². The number of carbonyl (C=O) groups is 2. The van der Waals surface area contributed by atoms with Gasteiger partial charge in [-0.1, -0.05) is 277 Å². The van der Waals surface area contributed by atoms with E-state index in [0.717, 1.165) is 57.8 Å². The molecule has 0 spiro atoms. The molecule has 1 aliphatic heterocycles. The Hall–Kier alpha value is -1.60. The first kappa shape index (κ1) is 67.4. The molecule has 0 bridgehead atoms. The molecule has 420 valence electrons. The van der Waals surface area contributed by atoms with Crippen molar-refractivity contribution >= 4 is 11.9 Å². The number of rotatable bonds is 52. The minimum atomic E-state index is -1.61. The SMILES string of the molecule is CCCCCCCCCCCCC/C=C/C(O)C(COC1OC(CO)C(O)C(O)C1OC(=O)CCCCCCCCCCCCCCCCCCC)NC(=O)C(O)CCCCCCCCCCCCCC. The summed E-state index contributed by atoms with van der Waals surface area (Å²) in [4.78, 5) is 26.5. The van der Waals surface area contributed by atoms with Crippen LogP contribution in [0.15, 0.2) is 12.2 Å². The molecule has 0 saturated carbocycles. The van der Waals surface area contributed by atoms with E-state index in [0.29, 0.717) is 19.3 Å². The lowest BCUT2D eigenvalue weighted by Gasteiger charge is -2.41. The summed E-state index contributed by atoms with van der Waals surface area (Å²) in [5.74, 6) is -1.18. The predicted octanol–water partition coefficient (Wildman–Crippen LogP) is 14.0. The summed E-state index contributed by atoms with van der Waals surface area (Å²) in [5.41, 5.74) is 0. The summed E-state index contributed by atoms with van der Waals surface area (Å²) >= 11 is 0. The van der Waals surface area contributed by atoms with E-state index in [9.17, 15) is 35.1 Å². The zero-order valence-electron chi connectivity index (χ0n) is 46.4. The molecule has 1 rings (SSSR count). The monoisotopic (exact) mass is 1010 g/mol. The van der Waals surface area contributed by atoms with Gasteiger partial charge in [-0.15, -0.1) is 0 Å². The Balaban J connectivity index is 2.68. The van der Waals surface area contributed by atoms with E-state index in [2.05, 4.69) is 26.1 Å². The van der Waals surface area contributed by atoms with E-state index >= 15 is 0 Å². The van der Waals surface area contributed by atoms with Crippen molar-refractivity contribution in [2.24, 2.45) is 0 Å². The van der Waals surface area contributed by atoms with Gasteiger partial charge in [0.25, 0.3) is 0 Å². The molecule has 11 heteroatoms. The highest BCUT2D eigenvalue weighted by Gasteiger charge is 2.47. The second kappa shape index (κ2) is 49.3. The van der Waals surface area contributed by atoms with Crippen LogP contribution in [0.5, 0.6) is 0 Å². The summed E-state index contributed by atoms with van der Waals surface area (Å²) in [6, 6.07) is -1.01. The lowest BCUT2D eigenvalue weighted by atomic mass is 9.99. The molecule has 0 aromatic rings. The van der Waals surface area contributed by atoms with Crippen LogP contribution in [-0.2, 0) is 23.8 Å². The minimum absolute atomic E-state index is 0.131. The fraction of sp³-hybridized carbons (Fsp3) is 0.933. The number of aliphatic hydroxyl groups is 5. The fourth-order valence-corrected chi connectivity index (χ4v) is 9.83. The lowest BCUT2D eigenvalue weighted by molar-refractivity contribution is -0.305. The third kappa shape index (κ3) is 37.7. The van der Waals surface area contributed by atoms with E-state index in [4.69, 9.17) is 14.2 Å². The Kier molecular flexibility index (Phi) is 46.8. The third-order valence-corrected chi connectivity index (χ3v) is 14.7. The van der Waals surface area contributed by atoms with Crippen LogP contribution >= 0.6 is 0 Å². The van der Waals surface area contributed by atoms with E-state index in [1.54, 1.807) is 6.08 Å². The highest BCUT2D eigenvalue weighted by molar-refractivity contribution is 5.80. The number of aliphatic hydroxyl groups excluding tert-OH is 5. The normalized spacial score (nSPS) is 19.6. The number of hydrogen-bond acceptors (Lipinski definition) is 10. The molecule has 8 atom stereocenters. The molecular formula is C60H115NO10. The molecule has 1 fully saturated rings. The number of allylic oxidation sites excluding steroid dienone is 1. The molecule has 0 aliphatic carbocycles. The molecule has 0 aromatic carbocycles. The van der Waals surface area contributed by atoms with Gasteiger partial charge in [0, 0.05) is 6.42 Å². The van der Waals surface area contributed by atoms with Crippen LogP contribution in [0.3, 0.4) is 0 Å². The Morgan fingerprint density at radius 3 is 1.32 bits per heavy atom. The number of nitrogens with one attached hydrogen (secondary N) is 1. The zero-order valence-corrected chi connectivity index (χ0v) is 46.4. The average Bonchev–Trinajstić information content (AvgIpc) is 3.37. The first-order valence-corrected chi connectivity index (χ1v) is 30.5. The summed E-state index contributed by atoms with van der Waals surface area (Å²) in [6.07, 6.45) is 43.9. The number of carbonyl (C=O) groups excluding carboxylic acids is 2. The predicted molar refractivity (Wildman–Crippen MR) is 292 cm³/mol. The third-order valence-electron chi connectivity index (χ3n) is 14.7. The van der Waals surface area contributed by atoms with E-state index in [-0.39, 0.29) is 13.0 Å². The highest BCUT2D eigenvalue weighted by Crippen LogP contribution is 2.26. The van der Waals surface area contributed by atoms with Crippen LogP contribution in [0.4, 0.5) is 0 Å². The van der Waals surface area contributed by atoms with Crippen LogP contribution in [0.1, 0.15) is 297 Å². The van der Waals surface area contributed by atoms with Crippen molar-refractivity contribution in [1.82, 2.24) is 5.32 Å². The quantitative estimate of drug-likeness (QED) is 0.0195. The summed E-state index contributed by atoms with van der Waals surface area (Å²) < 4.78 is 17.6. The molecule has 11 nitrogen and oxygen atoms in total. The molecule has 1 amide bonds. The van der Waals surface area contributed by atoms with Gasteiger partial charge in [-0.05, 0) is 25.7 Å². The van der Waals surface area contributed by atoms with Crippen molar-refractivity contribution < 1.29 is 49.3 Å². The van der Waals surface area contributed by atoms with Gasteiger partial charge in [0.15, 0.2) is 12.4 Å². The van der Waals surface area contributed by atoms with Gasteiger partial charge in [-0.25, -0.2) is 0 Å². The largest absolute Gasteiger partial charge is 0.454 e. The standard InChI is InChI=1S/C60H115NO10/c1-4-7-10-13-16-19-22-25-26-27-28-30-33-36-39-42-45-48-55(65)71-58-57(67)56(66)54(49-62)70-60(58)69-50-51(52(63)46-43-40-37-34-32-29-23-20-17-14-11-8-5-2)61-59(68)53(64)47-44-41-38-35-31-24-21-18-15-12-9-6-3/h43,46,51-54,56-58,60,62-64,66-67H,4-42,44-45,47-50H2,1-3H3,(H,61,68)/b46-43+. The molecular weight excluding hydrogens is 895 g/mol. The molecule has 71 heavy (non-hydrogen) atoms. The topological polar surface area (TPSA) is 175 Å². The van der Waals surface area contributed by atoms with Crippen molar-refractivity contribution in [3.05, 3.63) is 12.2 Å². The minimum Gasteiger partial charge on any atom is -0.454 e. The Labute approximate surface area is 436 Å². The summed E-state index contributed by atoms with van der Waals surface area (Å²) in [5, 5.41) is 56.9. The van der Waals surface area contributed by atoms with Crippen LogP contribution < -0.4 is 5.32 Å². The number of unbranched alkanes of at least 4 members (excludes halogenated alkanes) is 38. The van der Waals surface area contributed by atoms with Crippen molar-refractivity contribution in [2.45, 2.75) is 346 Å². The van der Waals surface area contributed by atoms with E-state index in [1.165, 1.54) is 193 Å². The maximum absolute atomic E-state index is 13.4. The van der Waals surface area contributed by atoms with Crippen LogP contribution in [0, 0.1) is 0 Å². The fourth-order valence-electron chi connectivity index (χ4n) is 9.83. The zero-order chi connectivity index (χ0) is 51.8. The summed E-state index contributed by atoms with van der Waals surface area (Å²) in [6.45, 7) is 5.81. The maximum Gasteiger partial charge on any atom is 0.306 e. The van der Waals surface area contributed by atoms with Crippen LogP contribution in [-0.4, -0.2) is 99.6 Å². The van der Waals surface area contributed by atoms with E-state index < -0.39 is 67.4 Å². The van der Waals surface area contributed by atoms with Gasteiger partial charge < -0.3 is 45.1 Å². The summed E-state index contributed by atoms with van der Waals surface area (Å²) in [7, 11) is 0. The Bertz CT molecular complexity index is 1210. The van der Waals surface area contributed by atoms with Crippen molar-refractivity contribution in [1.29, 1.82) is 0 Å². The molecule has 1 aliphatic rings. The molecule has 0 aromatic heterocycles. The van der Waals surface area contributed by atoms with Gasteiger partial charge in [0.05, 0.1) is 25.4 Å². The van der Waals surface area contributed by atoms with Gasteiger partial charge in [0.2, 0.25) is 5.91 Å². The van der Waals surface area contributed by atoms with Crippen molar-refractivity contribution in [3.8, 4) is 0 Å². The highest BCUT2D eigenvalue weighted by atomic mass is 16.7. The van der Waals surface area contributed by atoms with Gasteiger partial charge >= 0.3 is 5.97 Å². The average molecular weight is 1010 g/mol. The molecule has 8 unspecified atom stereocenters. The number of esters is 1. The lowest BCUT2D eigenvalue weighted by Crippen LogP contribution is -2.61. The molecule has 6 N–H and O–H groups in total. The first-order valence-electron chi connectivity index (χ1n) is 30.5. The van der Waals surface area contributed by atoms with Crippen LogP contribution in [0.25, 0.3) is 0 Å². The Morgan fingerprint density at radius 2 is 0.915 bits per heavy atom. The van der Waals surface area contributed by atoms with Gasteiger partial charge in [-0.3, -0.25) is 9.59 Å². The molecule has 1 saturated heterocycles. The smallest absolute Gasteiger partial charge is 0.306 e. The van der Waals surface area contributed by atoms with Crippen LogP contribution in [0.2, 0.25) is 0 Å². The number of ether oxygens (including phenoxy) is 3. The van der Waals surface area contributed by atoms with Gasteiger partial charge in [0.1, 0.15) is 24.4 Å². The second-order valence-electron chi connectivity index (χ2n) is 21.5. The molecule has 0 radical (unpaired) electrons. The van der Waals surface area contributed by atoms with Crippen molar-refractivity contribution in [3.63, 3.8) is 0 Å². The van der Waals surface area contributed by atoms with Gasteiger partial charge in [-0.2, -0.15) is 0 Å². The maximum atomic E-state index is 13.4. The number of hydrogen-bond donors (Lipinski definition) is 6. The molecule has 1 heterocycles.